The summed E-state index contributed by atoms with van der Waals surface area (Å²) in [6, 6.07) is 7.86. The molecule has 1 aromatic rings. The van der Waals surface area contributed by atoms with Gasteiger partial charge in [0.05, 0.1) is 6.10 Å². The molecule has 0 aromatic heterocycles. The zero-order valence-corrected chi connectivity index (χ0v) is 12.3. The van der Waals surface area contributed by atoms with Crippen LogP contribution in [0, 0.1) is 0 Å². The number of aliphatic hydroxyl groups is 1. The van der Waals surface area contributed by atoms with E-state index in [1.807, 2.05) is 31.2 Å². The van der Waals surface area contributed by atoms with Crippen molar-refractivity contribution in [3.05, 3.63) is 29.8 Å². The molecule has 0 spiro atoms. The number of aliphatic hydroxyl groups excluding tert-OH is 1. The lowest BCUT2D eigenvalue weighted by atomic mass is 9.99. The van der Waals surface area contributed by atoms with Crippen molar-refractivity contribution in [3.63, 3.8) is 0 Å². The summed E-state index contributed by atoms with van der Waals surface area (Å²) in [4.78, 5) is 14.2. The summed E-state index contributed by atoms with van der Waals surface area (Å²) in [6.45, 7) is 2.87. The van der Waals surface area contributed by atoms with Gasteiger partial charge in [0.25, 0.3) is 0 Å². The van der Waals surface area contributed by atoms with E-state index in [4.69, 9.17) is 0 Å². The van der Waals surface area contributed by atoms with Crippen LogP contribution < -0.4 is 10.2 Å². The van der Waals surface area contributed by atoms with Gasteiger partial charge in [-0.1, -0.05) is 19.1 Å². The second-order valence-corrected chi connectivity index (χ2v) is 5.33. The van der Waals surface area contributed by atoms with Crippen LogP contribution in [0.5, 0.6) is 0 Å². The van der Waals surface area contributed by atoms with Gasteiger partial charge in [0.15, 0.2) is 0 Å². The maximum absolute atomic E-state index is 12.0. The van der Waals surface area contributed by atoms with Crippen LogP contribution in [0.25, 0.3) is 0 Å². The van der Waals surface area contributed by atoms with E-state index in [0.29, 0.717) is 6.42 Å². The van der Waals surface area contributed by atoms with E-state index in [9.17, 15) is 9.90 Å². The van der Waals surface area contributed by atoms with Crippen molar-refractivity contribution in [3.8, 4) is 0 Å². The predicted octanol–water partition coefficient (Wildman–Crippen LogP) is 2.23. The van der Waals surface area contributed by atoms with Gasteiger partial charge in [0.2, 0.25) is 5.91 Å². The first-order valence-electron chi connectivity index (χ1n) is 7.43. The summed E-state index contributed by atoms with van der Waals surface area (Å²) in [5.74, 6) is 0.0855. The van der Waals surface area contributed by atoms with E-state index in [0.717, 1.165) is 37.1 Å². The molecule has 1 aliphatic rings. The van der Waals surface area contributed by atoms with Crippen LogP contribution in [0.2, 0.25) is 0 Å². The van der Waals surface area contributed by atoms with E-state index < -0.39 is 6.10 Å². The number of nitrogens with zero attached hydrogens (tertiary/aromatic N) is 1. The van der Waals surface area contributed by atoms with Crippen molar-refractivity contribution in [2.24, 2.45) is 0 Å². The second-order valence-electron chi connectivity index (χ2n) is 5.33. The molecule has 4 heteroatoms. The fraction of sp³-hybridized carbons (Fsp3) is 0.562. The minimum Gasteiger partial charge on any atom is -0.388 e. The summed E-state index contributed by atoms with van der Waals surface area (Å²) in [6.07, 6.45) is 3.43. The number of carbonyl (C=O) groups is 1. The van der Waals surface area contributed by atoms with Crippen molar-refractivity contribution >= 4 is 11.6 Å². The van der Waals surface area contributed by atoms with Crippen molar-refractivity contribution < 1.29 is 9.90 Å². The van der Waals surface area contributed by atoms with Gasteiger partial charge in [-0.05, 0) is 43.4 Å². The minimum atomic E-state index is -0.403. The first-order chi connectivity index (χ1) is 9.67. The number of hydrogen-bond acceptors (Lipinski definition) is 3. The molecule has 2 rings (SSSR count). The summed E-state index contributed by atoms with van der Waals surface area (Å²) in [7, 11) is 1.69. The highest BCUT2D eigenvalue weighted by molar-refractivity contribution is 5.85. The smallest absolute Gasteiger partial charge is 0.242 e. The maximum atomic E-state index is 12.0. The zero-order chi connectivity index (χ0) is 14.5. The molecule has 20 heavy (non-hydrogen) atoms. The number of nitrogens with one attached hydrogen (secondary N) is 1. The highest BCUT2D eigenvalue weighted by atomic mass is 16.3. The lowest BCUT2D eigenvalue weighted by Gasteiger charge is -2.36. The molecular weight excluding hydrogens is 252 g/mol. The van der Waals surface area contributed by atoms with Crippen LogP contribution >= 0.6 is 0 Å². The third-order valence-electron chi connectivity index (χ3n) is 4.05. The molecule has 0 aliphatic carbocycles. The SMILES string of the molecule is CC[C@H](O)c1ccc(N2CCCCC2C(=O)NC)cc1. The molecule has 1 aromatic carbocycles. The molecule has 1 amide bonds. The number of benzene rings is 1. The van der Waals surface area contributed by atoms with Gasteiger partial charge in [-0.15, -0.1) is 0 Å². The van der Waals surface area contributed by atoms with Crippen LogP contribution in [-0.2, 0) is 4.79 Å². The third-order valence-corrected chi connectivity index (χ3v) is 4.05. The van der Waals surface area contributed by atoms with Gasteiger partial charge < -0.3 is 15.3 Å². The number of carbonyl (C=O) groups excluding carboxylic acids is 1. The predicted molar refractivity (Wildman–Crippen MR) is 80.7 cm³/mol. The monoisotopic (exact) mass is 276 g/mol. The van der Waals surface area contributed by atoms with Gasteiger partial charge in [-0.25, -0.2) is 0 Å². The molecule has 0 bridgehead atoms. The number of piperidine rings is 1. The highest BCUT2D eigenvalue weighted by Crippen LogP contribution is 2.27. The van der Waals surface area contributed by atoms with E-state index in [-0.39, 0.29) is 11.9 Å². The normalized spacial score (nSPS) is 20.6. The Labute approximate surface area is 120 Å². The van der Waals surface area contributed by atoms with Crippen LogP contribution in [0.1, 0.15) is 44.3 Å². The maximum Gasteiger partial charge on any atom is 0.242 e. The summed E-state index contributed by atoms with van der Waals surface area (Å²) < 4.78 is 0. The molecule has 2 N–H and O–H groups in total. The standard InChI is InChI=1S/C16H24N2O2/c1-3-15(19)12-7-9-13(10-8-12)18-11-5-4-6-14(18)16(20)17-2/h7-10,14-15,19H,3-6,11H2,1-2H3,(H,17,20)/t14?,15-/m0/s1. The van der Waals surface area contributed by atoms with Gasteiger partial charge in [-0.3, -0.25) is 4.79 Å². The number of hydrogen-bond donors (Lipinski definition) is 2. The first kappa shape index (κ1) is 14.9. The lowest BCUT2D eigenvalue weighted by molar-refractivity contribution is -0.122. The lowest BCUT2D eigenvalue weighted by Crippen LogP contribution is -2.48. The topological polar surface area (TPSA) is 52.6 Å². The Kier molecular flexibility index (Phi) is 5.01. The van der Waals surface area contributed by atoms with Crippen LogP contribution in [-0.4, -0.2) is 30.6 Å². The quantitative estimate of drug-likeness (QED) is 0.886. The molecule has 110 valence electrons. The van der Waals surface area contributed by atoms with Crippen molar-refractivity contribution in [2.45, 2.75) is 44.8 Å². The number of rotatable bonds is 4. The Morgan fingerprint density at radius 2 is 2.10 bits per heavy atom. The molecule has 0 radical (unpaired) electrons. The first-order valence-corrected chi connectivity index (χ1v) is 7.43. The van der Waals surface area contributed by atoms with Crippen LogP contribution in [0.15, 0.2) is 24.3 Å². The van der Waals surface area contributed by atoms with Gasteiger partial charge in [0.1, 0.15) is 6.04 Å². The zero-order valence-electron chi connectivity index (χ0n) is 12.3. The Morgan fingerprint density at radius 1 is 1.40 bits per heavy atom. The average molecular weight is 276 g/mol. The molecule has 1 saturated heterocycles. The number of anilines is 1. The Hall–Kier alpha value is -1.55. The third kappa shape index (κ3) is 3.12. The average Bonchev–Trinajstić information content (AvgIpc) is 2.53. The van der Waals surface area contributed by atoms with Crippen LogP contribution in [0.4, 0.5) is 5.69 Å². The molecule has 1 fully saturated rings. The van der Waals surface area contributed by atoms with Crippen LogP contribution in [0.3, 0.4) is 0 Å². The van der Waals surface area contributed by atoms with Gasteiger partial charge in [-0.2, -0.15) is 0 Å². The second kappa shape index (κ2) is 6.75. The largest absolute Gasteiger partial charge is 0.388 e. The molecule has 4 nitrogen and oxygen atoms in total. The molecule has 1 unspecified atom stereocenters. The van der Waals surface area contributed by atoms with Gasteiger partial charge >= 0.3 is 0 Å². The van der Waals surface area contributed by atoms with Crippen molar-refractivity contribution in [2.75, 3.05) is 18.5 Å². The molecule has 2 atom stereocenters. The molecular formula is C16H24N2O2. The molecule has 0 saturated carbocycles. The Bertz CT molecular complexity index is 444. The summed E-state index contributed by atoms with van der Waals surface area (Å²) >= 11 is 0. The Morgan fingerprint density at radius 3 is 2.70 bits per heavy atom. The fourth-order valence-corrected chi connectivity index (χ4v) is 2.80. The van der Waals surface area contributed by atoms with Crippen molar-refractivity contribution in [1.82, 2.24) is 5.32 Å². The fourth-order valence-electron chi connectivity index (χ4n) is 2.80. The number of likely N-dealkylation sites (N-methyl/N-ethyl adjacent to an activating group) is 1. The highest BCUT2D eigenvalue weighted by Gasteiger charge is 2.28. The van der Waals surface area contributed by atoms with Gasteiger partial charge in [0, 0.05) is 19.3 Å². The minimum absolute atomic E-state index is 0.0734. The summed E-state index contributed by atoms with van der Waals surface area (Å²) in [5, 5.41) is 12.6. The van der Waals surface area contributed by atoms with E-state index in [1.165, 1.54) is 0 Å². The Balaban J connectivity index is 2.17. The van der Waals surface area contributed by atoms with E-state index >= 15 is 0 Å². The molecule has 1 heterocycles. The summed E-state index contributed by atoms with van der Waals surface area (Å²) in [5.41, 5.74) is 2.00. The van der Waals surface area contributed by atoms with E-state index in [1.54, 1.807) is 7.05 Å². The van der Waals surface area contributed by atoms with Crippen molar-refractivity contribution in [1.29, 1.82) is 0 Å². The van der Waals surface area contributed by atoms with E-state index in [2.05, 4.69) is 10.2 Å². The number of amides is 1. The molecule has 1 aliphatic heterocycles.